The molecule has 2 atom stereocenters. The number of amides is 1. The molecule has 1 fully saturated rings. The SMILES string of the molecule is CC1CC(CNC(=O)c2nn(Cc3ccc(Cl)cc3Cl)c3ccccc23)CP1(c1ccccc1)(c1ccccc1)c1ccccc1. The number of carbonyl (C=O) groups is 1. The molecule has 2 heterocycles. The van der Waals surface area contributed by atoms with Crippen LogP contribution < -0.4 is 21.2 Å². The summed E-state index contributed by atoms with van der Waals surface area (Å²) in [5, 5.41) is 14.4. The fraction of sp³-hybridized carbons (Fsp3) is 0.179. The molecule has 0 aliphatic carbocycles. The molecule has 1 aromatic heterocycles. The molecule has 6 aromatic rings. The Balaban J connectivity index is 1.22. The molecule has 46 heavy (non-hydrogen) atoms. The summed E-state index contributed by atoms with van der Waals surface area (Å²) in [6.07, 6.45) is 2.01. The van der Waals surface area contributed by atoms with Crippen molar-refractivity contribution in [3.05, 3.63) is 155 Å². The van der Waals surface area contributed by atoms with Crippen LogP contribution in [0.5, 0.6) is 0 Å². The average molecular weight is 665 g/mol. The monoisotopic (exact) mass is 663 g/mol. The maximum absolute atomic E-state index is 13.9. The third kappa shape index (κ3) is 4.95. The molecular weight excluding hydrogens is 628 g/mol. The number of nitrogens with one attached hydrogen (secondary N) is 1. The molecule has 7 rings (SSSR count). The van der Waals surface area contributed by atoms with Gasteiger partial charge in [0.2, 0.25) is 0 Å². The van der Waals surface area contributed by atoms with E-state index in [0.29, 0.717) is 40.4 Å². The molecule has 0 saturated carbocycles. The predicted octanol–water partition coefficient (Wildman–Crippen LogP) is 8.06. The zero-order valence-corrected chi connectivity index (χ0v) is 28.1. The van der Waals surface area contributed by atoms with Gasteiger partial charge in [0.1, 0.15) is 0 Å². The summed E-state index contributed by atoms with van der Waals surface area (Å²) in [6.45, 7) is 0.510. The summed E-state index contributed by atoms with van der Waals surface area (Å²) < 4.78 is 1.85. The topological polar surface area (TPSA) is 46.9 Å². The second kappa shape index (κ2) is 12.3. The summed E-state index contributed by atoms with van der Waals surface area (Å²) in [5.74, 6) is 0.134. The molecule has 0 spiro atoms. The van der Waals surface area contributed by atoms with Gasteiger partial charge in [-0.05, 0) is 0 Å². The zero-order chi connectivity index (χ0) is 31.8. The van der Waals surface area contributed by atoms with Crippen molar-refractivity contribution in [2.45, 2.75) is 25.5 Å². The summed E-state index contributed by atoms with van der Waals surface area (Å²) in [7, 11) is 0. The van der Waals surface area contributed by atoms with Crippen LogP contribution in [0.1, 0.15) is 29.4 Å². The number of benzene rings is 5. The third-order valence-corrected chi connectivity index (χ3v) is 18.5. The van der Waals surface area contributed by atoms with Gasteiger partial charge in [-0.2, -0.15) is 0 Å². The number of hydrogen-bond donors (Lipinski definition) is 1. The number of rotatable bonds is 8. The van der Waals surface area contributed by atoms with Gasteiger partial charge in [-0.25, -0.2) is 0 Å². The van der Waals surface area contributed by atoms with Crippen LogP contribution in [0.25, 0.3) is 10.9 Å². The second-order valence-electron chi connectivity index (χ2n) is 12.5. The zero-order valence-electron chi connectivity index (χ0n) is 25.7. The molecule has 7 heteroatoms. The molecule has 1 saturated heterocycles. The van der Waals surface area contributed by atoms with Crippen molar-refractivity contribution in [2.75, 3.05) is 12.7 Å². The maximum atomic E-state index is 13.9. The first-order valence-corrected chi connectivity index (χ1v) is 19.0. The van der Waals surface area contributed by atoms with E-state index in [9.17, 15) is 4.79 Å². The Bertz CT molecular complexity index is 1910. The Morgan fingerprint density at radius 3 is 1.96 bits per heavy atom. The second-order valence-corrected chi connectivity index (χ2v) is 18.9. The Hall–Kier alpha value is -3.95. The standard InChI is InChI=1S/C39H36Cl2N3OP/c1-28-23-29(27-46(28,32-13-5-2-6-14-32,33-15-7-3-8-16-33)34-17-9-4-10-18-34)25-42-39(45)38-35-19-11-12-20-37(35)44(43-38)26-30-21-22-31(40)24-36(30)41/h2-22,24,28-29H,23,25-27H2,1H3,(H,42,45). The van der Waals surface area contributed by atoms with Gasteiger partial charge in [-0.1, -0.05) is 11.6 Å². The van der Waals surface area contributed by atoms with Crippen LogP contribution in [0.2, 0.25) is 10.0 Å². The summed E-state index contributed by atoms with van der Waals surface area (Å²) in [4.78, 5) is 13.9. The Kier molecular flexibility index (Phi) is 8.23. The molecule has 1 aliphatic heterocycles. The first-order valence-electron chi connectivity index (χ1n) is 15.8. The summed E-state index contributed by atoms with van der Waals surface area (Å²) in [5.41, 5.74) is 2.60. The Morgan fingerprint density at radius 2 is 1.37 bits per heavy atom. The van der Waals surface area contributed by atoms with Crippen molar-refractivity contribution in [3.63, 3.8) is 0 Å². The normalized spacial score (nSPS) is 19.3. The van der Waals surface area contributed by atoms with Gasteiger partial charge >= 0.3 is 265 Å². The van der Waals surface area contributed by atoms with Crippen LogP contribution in [0, 0.1) is 5.92 Å². The first kappa shape index (κ1) is 30.7. The van der Waals surface area contributed by atoms with E-state index in [1.54, 1.807) is 6.07 Å². The first-order chi connectivity index (χ1) is 22.4. The van der Waals surface area contributed by atoms with Gasteiger partial charge in [-0.3, -0.25) is 0 Å². The van der Waals surface area contributed by atoms with Gasteiger partial charge in [0, 0.05) is 5.02 Å². The summed E-state index contributed by atoms with van der Waals surface area (Å²) >= 11 is 12.6. The number of nitrogens with zero attached hydrogens (tertiary/aromatic N) is 2. The van der Waals surface area contributed by atoms with Crippen LogP contribution in [-0.2, 0) is 6.54 Å². The van der Waals surface area contributed by atoms with Crippen molar-refractivity contribution < 1.29 is 4.79 Å². The molecule has 0 radical (unpaired) electrons. The van der Waals surface area contributed by atoms with Gasteiger partial charge in [0.25, 0.3) is 0 Å². The van der Waals surface area contributed by atoms with E-state index in [2.05, 4.69) is 103 Å². The minimum absolute atomic E-state index is 0.156. The third-order valence-electron chi connectivity index (χ3n) is 10.1. The van der Waals surface area contributed by atoms with Crippen molar-refractivity contribution in [1.29, 1.82) is 0 Å². The van der Waals surface area contributed by atoms with Crippen LogP contribution in [0.4, 0.5) is 0 Å². The number of halogens is 2. The number of carbonyl (C=O) groups excluding carboxylic acids is 1. The van der Waals surface area contributed by atoms with Gasteiger partial charge in [0.05, 0.1) is 0 Å². The van der Waals surface area contributed by atoms with E-state index in [1.807, 2.05) is 41.1 Å². The average Bonchev–Trinajstić information content (AvgIpc) is 3.62. The van der Waals surface area contributed by atoms with Crippen LogP contribution >= 0.6 is 29.8 Å². The van der Waals surface area contributed by atoms with E-state index in [4.69, 9.17) is 28.3 Å². The molecule has 1 N–H and O–H groups in total. The predicted molar refractivity (Wildman–Crippen MR) is 195 cm³/mol. The minimum atomic E-state index is -2.94. The van der Waals surface area contributed by atoms with Crippen LogP contribution in [0.15, 0.2) is 133 Å². The Labute approximate surface area is 280 Å². The van der Waals surface area contributed by atoms with Crippen LogP contribution in [0.3, 0.4) is 0 Å². The van der Waals surface area contributed by atoms with Crippen molar-refractivity contribution in [1.82, 2.24) is 15.1 Å². The molecule has 1 amide bonds. The number of hydrogen-bond acceptors (Lipinski definition) is 2. The van der Waals surface area contributed by atoms with Crippen molar-refractivity contribution >= 4 is 62.5 Å². The van der Waals surface area contributed by atoms with Crippen molar-refractivity contribution in [3.8, 4) is 0 Å². The molecule has 4 nitrogen and oxygen atoms in total. The van der Waals surface area contributed by atoms with Gasteiger partial charge < -0.3 is 0 Å². The molecule has 5 aromatic carbocycles. The molecule has 0 bridgehead atoms. The number of fused-ring (bicyclic) bond motifs is 1. The molecule has 1 aliphatic rings. The van der Waals surface area contributed by atoms with E-state index < -0.39 is 6.60 Å². The fourth-order valence-electron chi connectivity index (χ4n) is 8.03. The fourth-order valence-corrected chi connectivity index (χ4v) is 16.6. The number of para-hydroxylation sites is 1. The quantitative estimate of drug-likeness (QED) is 0.168. The summed E-state index contributed by atoms with van der Waals surface area (Å²) in [6, 6.07) is 46.7. The van der Waals surface area contributed by atoms with E-state index in [0.717, 1.165) is 29.0 Å². The molecular formula is C39H36Cl2N3OP. The molecule has 232 valence electrons. The van der Waals surface area contributed by atoms with E-state index >= 15 is 0 Å². The van der Waals surface area contributed by atoms with Crippen molar-refractivity contribution in [2.24, 2.45) is 5.92 Å². The van der Waals surface area contributed by atoms with E-state index in [1.165, 1.54) is 15.9 Å². The Morgan fingerprint density at radius 1 is 0.804 bits per heavy atom. The number of aromatic nitrogens is 2. The van der Waals surface area contributed by atoms with Gasteiger partial charge in [0.15, 0.2) is 0 Å². The van der Waals surface area contributed by atoms with Gasteiger partial charge in [-0.15, -0.1) is 0 Å². The van der Waals surface area contributed by atoms with E-state index in [-0.39, 0.29) is 5.91 Å². The molecule has 2 unspecified atom stereocenters. The van der Waals surface area contributed by atoms with Crippen LogP contribution in [-0.4, -0.2) is 34.1 Å².